The molecule has 146 valence electrons. The highest BCUT2D eigenvalue weighted by Gasteiger charge is 2.22. The number of benzene rings is 1. The Morgan fingerprint density at radius 2 is 1.64 bits per heavy atom. The smallest absolute Gasteiger partial charge is 0.257 e. The van der Waals surface area contributed by atoms with E-state index >= 15 is 0 Å². The van der Waals surface area contributed by atoms with Crippen molar-refractivity contribution < 1.29 is 14.4 Å². The fourth-order valence-electron chi connectivity index (χ4n) is 3.16. The third-order valence-corrected chi connectivity index (χ3v) is 4.76. The predicted molar refractivity (Wildman–Crippen MR) is 107 cm³/mol. The molecule has 1 aromatic heterocycles. The second-order valence-electron chi connectivity index (χ2n) is 7.15. The van der Waals surface area contributed by atoms with Crippen molar-refractivity contribution in [2.75, 3.05) is 23.7 Å². The van der Waals surface area contributed by atoms with Gasteiger partial charge in [0.15, 0.2) is 0 Å². The number of nitrogens with one attached hydrogen (secondary N) is 2. The van der Waals surface area contributed by atoms with E-state index in [0.717, 1.165) is 25.9 Å². The van der Waals surface area contributed by atoms with E-state index in [9.17, 15) is 14.4 Å². The van der Waals surface area contributed by atoms with Gasteiger partial charge in [0.2, 0.25) is 5.91 Å². The van der Waals surface area contributed by atoms with Gasteiger partial charge in [-0.3, -0.25) is 19.4 Å². The normalized spacial score (nSPS) is 14.4. The van der Waals surface area contributed by atoms with Crippen molar-refractivity contribution in [3.63, 3.8) is 0 Å². The summed E-state index contributed by atoms with van der Waals surface area (Å²) in [6.07, 6.45) is 4.91. The lowest BCUT2D eigenvalue weighted by atomic mass is 9.98. The first-order valence-corrected chi connectivity index (χ1v) is 9.35. The third kappa shape index (κ3) is 4.94. The van der Waals surface area contributed by atoms with E-state index in [2.05, 4.69) is 22.5 Å². The molecule has 7 nitrogen and oxygen atoms in total. The Bertz CT molecular complexity index is 889. The predicted octanol–water partition coefficient (Wildman–Crippen LogP) is 3.16. The highest BCUT2D eigenvalue weighted by molar-refractivity contribution is 6.06. The van der Waals surface area contributed by atoms with Gasteiger partial charge >= 0.3 is 0 Å². The van der Waals surface area contributed by atoms with Gasteiger partial charge in [-0.25, -0.2) is 0 Å². The number of rotatable bonds is 4. The average Bonchev–Trinajstić information content (AvgIpc) is 2.68. The quantitative estimate of drug-likeness (QED) is 0.852. The van der Waals surface area contributed by atoms with Crippen LogP contribution in [0.4, 0.5) is 11.4 Å². The number of piperidine rings is 1. The number of hydrogen-bond acceptors (Lipinski definition) is 4. The fraction of sp³-hybridized carbons (Fsp3) is 0.333. The molecule has 1 saturated heterocycles. The summed E-state index contributed by atoms with van der Waals surface area (Å²) in [5.74, 6) is -0.0189. The van der Waals surface area contributed by atoms with Gasteiger partial charge in [0.25, 0.3) is 11.8 Å². The lowest BCUT2D eigenvalue weighted by Crippen LogP contribution is -2.38. The molecule has 0 saturated carbocycles. The van der Waals surface area contributed by atoms with Gasteiger partial charge in [-0.2, -0.15) is 0 Å². The molecule has 0 bridgehead atoms. The Morgan fingerprint density at radius 3 is 2.32 bits per heavy atom. The van der Waals surface area contributed by atoms with Crippen LogP contribution in [0.25, 0.3) is 0 Å². The van der Waals surface area contributed by atoms with Gasteiger partial charge in [-0.15, -0.1) is 0 Å². The first kappa shape index (κ1) is 19.5. The molecule has 1 aromatic carbocycles. The van der Waals surface area contributed by atoms with Crippen LogP contribution in [0.15, 0.2) is 42.7 Å². The number of pyridine rings is 1. The zero-order valence-electron chi connectivity index (χ0n) is 16.1. The zero-order chi connectivity index (χ0) is 20.1. The highest BCUT2D eigenvalue weighted by Crippen LogP contribution is 2.19. The van der Waals surface area contributed by atoms with E-state index in [1.807, 2.05) is 4.90 Å². The maximum absolute atomic E-state index is 12.7. The van der Waals surface area contributed by atoms with Gasteiger partial charge in [0.1, 0.15) is 0 Å². The van der Waals surface area contributed by atoms with Crippen molar-refractivity contribution in [3.05, 3.63) is 53.9 Å². The van der Waals surface area contributed by atoms with E-state index in [1.54, 1.807) is 30.3 Å². The standard InChI is InChI=1S/C21H24N4O3/c1-14-6-8-25(9-7-14)21(28)17-10-16(12-22-13-17)20(27)24-19-5-3-4-18(11-19)23-15(2)26/h3-5,10-14H,6-9H2,1-2H3,(H,23,26)(H,24,27). The topological polar surface area (TPSA) is 91.4 Å². The summed E-state index contributed by atoms with van der Waals surface area (Å²) in [6, 6.07) is 8.42. The SMILES string of the molecule is CC(=O)Nc1cccc(NC(=O)c2cncc(C(=O)N3CCC(C)CC3)c2)c1. The molecule has 7 heteroatoms. The Morgan fingerprint density at radius 1 is 1.00 bits per heavy atom. The molecule has 1 aliphatic heterocycles. The molecule has 0 spiro atoms. The van der Waals surface area contributed by atoms with Crippen LogP contribution in [0.3, 0.4) is 0 Å². The lowest BCUT2D eigenvalue weighted by molar-refractivity contribution is -0.114. The highest BCUT2D eigenvalue weighted by atomic mass is 16.2. The molecular weight excluding hydrogens is 356 g/mol. The average molecular weight is 380 g/mol. The molecule has 2 N–H and O–H groups in total. The molecule has 1 fully saturated rings. The van der Waals surface area contributed by atoms with E-state index in [1.165, 1.54) is 19.3 Å². The van der Waals surface area contributed by atoms with Crippen LogP contribution in [0.2, 0.25) is 0 Å². The molecule has 0 aliphatic carbocycles. The second kappa shape index (κ2) is 8.65. The van der Waals surface area contributed by atoms with Crippen LogP contribution in [0.1, 0.15) is 47.4 Å². The third-order valence-electron chi connectivity index (χ3n) is 4.76. The number of likely N-dealkylation sites (tertiary alicyclic amines) is 1. The molecule has 2 aromatic rings. The molecule has 0 unspecified atom stereocenters. The summed E-state index contributed by atoms with van der Waals surface area (Å²) >= 11 is 0. The van der Waals surface area contributed by atoms with Crippen LogP contribution in [0, 0.1) is 5.92 Å². The van der Waals surface area contributed by atoms with Crippen molar-refractivity contribution in [1.82, 2.24) is 9.88 Å². The maximum atomic E-state index is 12.7. The van der Waals surface area contributed by atoms with Gasteiger partial charge in [-0.05, 0) is 43.0 Å². The van der Waals surface area contributed by atoms with Crippen molar-refractivity contribution in [2.24, 2.45) is 5.92 Å². The number of carbonyl (C=O) groups is 3. The minimum absolute atomic E-state index is 0.0956. The van der Waals surface area contributed by atoms with Crippen LogP contribution in [-0.2, 0) is 4.79 Å². The Labute approximate surface area is 164 Å². The zero-order valence-corrected chi connectivity index (χ0v) is 16.1. The van der Waals surface area contributed by atoms with Gasteiger partial charge < -0.3 is 15.5 Å². The Hall–Kier alpha value is -3.22. The molecule has 0 radical (unpaired) electrons. The van der Waals surface area contributed by atoms with E-state index in [-0.39, 0.29) is 17.7 Å². The first-order chi connectivity index (χ1) is 13.4. The molecule has 0 atom stereocenters. The van der Waals surface area contributed by atoms with Gasteiger partial charge in [0.05, 0.1) is 11.1 Å². The number of hydrogen-bond donors (Lipinski definition) is 2. The van der Waals surface area contributed by atoms with Crippen LogP contribution in [0.5, 0.6) is 0 Å². The number of nitrogens with zero attached hydrogens (tertiary/aromatic N) is 2. The van der Waals surface area contributed by atoms with Crippen molar-refractivity contribution in [3.8, 4) is 0 Å². The van der Waals surface area contributed by atoms with Crippen LogP contribution >= 0.6 is 0 Å². The number of amides is 3. The Kier molecular flexibility index (Phi) is 6.03. The fourth-order valence-corrected chi connectivity index (χ4v) is 3.16. The monoisotopic (exact) mass is 380 g/mol. The van der Waals surface area contributed by atoms with Crippen LogP contribution < -0.4 is 10.6 Å². The van der Waals surface area contributed by atoms with Crippen molar-refractivity contribution in [2.45, 2.75) is 26.7 Å². The molecule has 3 rings (SSSR count). The van der Waals surface area contributed by atoms with Crippen molar-refractivity contribution >= 4 is 29.1 Å². The minimum atomic E-state index is -0.366. The number of anilines is 2. The summed E-state index contributed by atoms with van der Waals surface area (Å²) in [7, 11) is 0. The van der Waals surface area contributed by atoms with Crippen molar-refractivity contribution in [1.29, 1.82) is 0 Å². The first-order valence-electron chi connectivity index (χ1n) is 9.35. The van der Waals surface area contributed by atoms with Crippen LogP contribution in [-0.4, -0.2) is 40.7 Å². The minimum Gasteiger partial charge on any atom is -0.339 e. The largest absolute Gasteiger partial charge is 0.339 e. The second-order valence-corrected chi connectivity index (χ2v) is 7.15. The molecule has 2 heterocycles. The summed E-state index contributed by atoms with van der Waals surface area (Å²) in [5.41, 5.74) is 1.85. The Balaban J connectivity index is 1.70. The lowest BCUT2D eigenvalue weighted by Gasteiger charge is -2.30. The van der Waals surface area contributed by atoms with Gasteiger partial charge in [-0.1, -0.05) is 13.0 Å². The number of carbonyl (C=O) groups excluding carboxylic acids is 3. The molecule has 1 aliphatic rings. The van der Waals surface area contributed by atoms with E-state index in [0.29, 0.717) is 28.4 Å². The summed E-state index contributed by atoms with van der Waals surface area (Å²) in [4.78, 5) is 42.3. The maximum Gasteiger partial charge on any atom is 0.257 e. The molecule has 3 amide bonds. The van der Waals surface area contributed by atoms with E-state index in [4.69, 9.17) is 0 Å². The molecular formula is C21H24N4O3. The summed E-state index contributed by atoms with van der Waals surface area (Å²) in [6.45, 7) is 5.07. The summed E-state index contributed by atoms with van der Waals surface area (Å²) in [5, 5.41) is 5.44. The number of aromatic nitrogens is 1. The van der Waals surface area contributed by atoms with Gasteiger partial charge in [0, 0.05) is 43.8 Å². The summed E-state index contributed by atoms with van der Waals surface area (Å²) < 4.78 is 0. The molecule has 28 heavy (non-hydrogen) atoms. The van der Waals surface area contributed by atoms with E-state index < -0.39 is 0 Å².